The Hall–Kier alpha value is -1.24. The van der Waals surface area contributed by atoms with Crippen molar-refractivity contribution in [3.8, 4) is 0 Å². The summed E-state index contributed by atoms with van der Waals surface area (Å²) in [4.78, 5) is 0. The van der Waals surface area contributed by atoms with E-state index in [9.17, 15) is 0 Å². The second kappa shape index (κ2) is 7.16. The number of hydrogen-bond acceptors (Lipinski definition) is 1. The number of furan rings is 1. The molecule has 1 unspecified atom stereocenters. The topological polar surface area (TPSA) is 13.1 Å². The first kappa shape index (κ1) is 13.8. The Balaban J connectivity index is 2.71. The summed E-state index contributed by atoms with van der Waals surface area (Å²) in [6.45, 7) is 8.58. The molecule has 0 spiro atoms. The summed E-state index contributed by atoms with van der Waals surface area (Å²) in [5.41, 5.74) is 1.15. The lowest BCUT2D eigenvalue weighted by molar-refractivity contribution is 0.433. The Kier molecular flexibility index (Phi) is 5.82. The molecule has 0 bridgehead atoms. The molecule has 1 heterocycles. The fourth-order valence-electron chi connectivity index (χ4n) is 2.08. The van der Waals surface area contributed by atoms with E-state index in [0.29, 0.717) is 5.92 Å². The molecule has 0 radical (unpaired) electrons. The Morgan fingerprint density at radius 1 is 1.35 bits per heavy atom. The first-order valence-electron chi connectivity index (χ1n) is 6.59. The summed E-state index contributed by atoms with van der Waals surface area (Å²) in [6, 6.07) is 4.18. The molecular formula is C16H24O. The van der Waals surface area contributed by atoms with E-state index in [1.54, 1.807) is 0 Å². The molecule has 1 heteroatoms. The van der Waals surface area contributed by atoms with Gasteiger partial charge in [0, 0.05) is 12.0 Å². The normalized spacial score (nSPS) is 14.5. The molecule has 0 saturated heterocycles. The molecule has 1 aromatic rings. The molecule has 94 valence electrons. The maximum absolute atomic E-state index is 5.89. The first-order chi connectivity index (χ1) is 8.21. The molecule has 0 amide bonds. The highest BCUT2D eigenvalue weighted by atomic mass is 16.3. The fourth-order valence-corrected chi connectivity index (χ4v) is 2.08. The van der Waals surface area contributed by atoms with Crippen LogP contribution in [0.25, 0.3) is 5.57 Å². The molecule has 0 aliphatic heterocycles. The van der Waals surface area contributed by atoms with Crippen molar-refractivity contribution >= 4 is 5.57 Å². The van der Waals surface area contributed by atoms with Crippen LogP contribution in [-0.2, 0) is 6.42 Å². The van der Waals surface area contributed by atoms with Crippen LogP contribution in [-0.4, -0.2) is 0 Å². The van der Waals surface area contributed by atoms with E-state index in [2.05, 4.69) is 38.1 Å². The molecule has 1 nitrogen and oxygen atoms in total. The van der Waals surface area contributed by atoms with Crippen LogP contribution in [0.1, 0.15) is 52.1 Å². The molecule has 1 atom stereocenters. The van der Waals surface area contributed by atoms with Gasteiger partial charge >= 0.3 is 0 Å². The third-order valence-electron chi connectivity index (χ3n) is 2.93. The van der Waals surface area contributed by atoms with E-state index < -0.39 is 0 Å². The molecule has 0 aromatic carbocycles. The van der Waals surface area contributed by atoms with Gasteiger partial charge in [0.05, 0.1) is 0 Å². The van der Waals surface area contributed by atoms with E-state index in [0.717, 1.165) is 23.5 Å². The second-order valence-electron chi connectivity index (χ2n) is 4.61. The van der Waals surface area contributed by atoms with Crippen LogP contribution in [0.5, 0.6) is 0 Å². The lowest BCUT2D eigenvalue weighted by Gasteiger charge is -2.06. The lowest BCUT2D eigenvalue weighted by Crippen LogP contribution is -1.97. The van der Waals surface area contributed by atoms with E-state index in [1.165, 1.54) is 12.8 Å². The molecule has 0 aliphatic carbocycles. The minimum atomic E-state index is 0.703. The van der Waals surface area contributed by atoms with Crippen LogP contribution in [0.15, 0.2) is 34.8 Å². The summed E-state index contributed by atoms with van der Waals surface area (Å²) < 4.78 is 5.89. The first-order valence-corrected chi connectivity index (χ1v) is 6.59. The summed E-state index contributed by atoms with van der Waals surface area (Å²) in [5.74, 6) is 2.78. The maximum atomic E-state index is 5.89. The van der Waals surface area contributed by atoms with Gasteiger partial charge in [0.1, 0.15) is 11.5 Å². The molecule has 0 N–H and O–H groups in total. The van der Waals surface area contributed by atoms with Gasteiger partial charge in [0.25, 0.3) is 0 Å². The summed E-state index contributed by atoms with van der Waals surface area (Å²) in [5, 5.41) is 0. The molecule has 0 fully saturated rings. The molecule has 1 aromatic heterocycles. The van der Waals surface area contributed by atoms with Crippen LogP contribution in [0.2, 0.25) is 0 Å². The Morgan fingerprint density at radius 2 is 2.12 bits per heavy atom. The highest BCUT2D eigenvalue weighted by molar-refractivity contribution is 5.70. The highest BCUT2D eigenvalue weighted by Gasteiger charge is 2.08. The quantitative estimate of drug-likeness (QED) is 0.611. The van der Waals surface area contributed by atoms with Crippen LogP contribution in [0.3, 0.4) is 0 Å². The standard InChI is InChI=1S/C16H24O/c1-5-8-13(4)12-15-10-11-16(17-15)14(7-3)9-6-2/h6-7,9-11,13H,5,8,12H2,1-4H3/b9-6-,14-7+. The third-order valence-corrected chi connectivity index (χ3v) is 2.93. The summed E-state index contributed by atoms with van der Waals surface area (Å²) in [7, 11) is 0. The number of allylic oxidation sites excluding steroid dienone is 4. The van der Waals surface area contributed by atoms with Crippen molar-refractivity contribution in [3.05, 3.63) is 41.9 Å². The fraction of sp³-hybridized carbons (Fsp3) is 0.500. The van der Waals surface area contributed by atoms with Crippen molar-refractivity contribution in [1.29, 1.82) is 0 Å². The SMILES string of the molecule is C/C=C\C(=C/C)c1ccc(CC(C)CCC)o1. The Bertz CT molecular complexity index is 382. The number of rotatable bonds is 6. The van der Waals surface area contributed by atoms with Crippen molar-refractivity contribution in [2.45, 2.75) is 47.0 Å². The lowest BCUT2D eigenvalue weighted by atomic mass is 10.0. The smallest absolute Gasteiger partial charge is 0.133 e. The van der Waals surface area contributed by atoms with Crippen molar-refractivity contribution in [3.63, 3.8) is 0 Å². The predicted octanol–water partition coefficient (Wildman–Crippen LogP) is 5.24. The second-order valence-corrected chi connectivity index (χ2v) is 4.61. The van der Waals surface area contributed by atoms with Gasteiger partial charge in [-0.25, -0.2) is 0 Å². The molecule has 1 rings (SSSR count). The number of hydrogen-bond donors (Lipinski definition) is 0. The molecule has 0 saturated carbocycles. The van der Waals surface area contributed by atoms with E-state index in [-0.39, 0.29) is 0 Å². The summed E-state index contributed by atoms with van der Waals surface area (Å²) in [6.07, 6.45) is 9.75. The van der Waals surface area contributed by atoms with Crippen LogP contribution in [0, 0.1) is 5.92 Å². The minimum Gasteiger partial charge on any atom is -0.461 e. The van der Waals surface area contributed by atoms with Crippen molar-refractivity contribution in [2.24, 2.45) is 5.92 Å². The Morgan fingerprint density at radius 3 is 2.71 bits per heavy atom. The van der Waals surface area contributed by atoms with Crippen molar-refractivity contribution in [1.82, 2.24) is 0 Å². The van der Waals surface area contributed by atoms with Gasteiger partial charge in [-0.15, -0.1) is 0 Å². The average Bonchev–Trinajstić information content (AvgIpc) is 2.74. The zero-order chi connectivity index (χ0) is 12.7. The van der Waals surface area contributed by atoms with Crippen molar-refractivity contribution < 1.29 is 4.42 Å². The zero-order valence-electron chi connectivity index (χ0n) is 11.5. The van der Waals surface area contributed by atoms with Crippen LogP contribution in [0.4, 0.5) is 0 Å². The molecular weight excluding hydrogens is 208 g/mol. The van der Waals surface area contributed by atoms with Gasteiger partial charge < -0.3 is 4.42 Å². The average molecular weight is 232 g/mol. The maximum Gasteiger partial charge on any atom is 0.133 e. The largest absolute Gasteiger partial charge is 0.461 e. The van der Waals surface area contributed by atoms with Crippen molar-refractivity contribution in [2.75, 3.05) is 0 Å². The van der Waals surface area contributed by atoms with Gasteiger partial charge in [-0.3, -0.25) is 0 Å². The predicted molar refractivity (Wildman–Crippen MR) is 74.9 cm³/mol. The van der Waals surface area contributed by atoms with E-state index in [4.69, 9.17) is 4.42 Å². The molecule has 17 heavy (non-hydrogen) atoms. The zero-order valence-corrected chi connectivity index (χ0v) is 11.5. The third kappa shape index (κ3) is 4.26. The van der Waals surface area contributed by atoms with E-state index >= 15 is 0 Å². The van der Waals surface area contributed by atoms with Crippen LogP contribution < -0.4 is 0 Å². The van der Waals surface area contributed by atoms with Gasteiger partial charge in [-0.1, -0.05) is 44.9 Å². The van der Waals surface area contributed by atoms with Gasteiger partial charge in [0.15, 0.2) is 0 Å². The Labute approximate surface area is 105 Å². The monoisotopic (exact) mass is 232 g/mol. The van der Waals surface area contributed by atoms with Gasteiger partial charge in [0.2, 0.25) is 0 Å². The molecule has 0 aliphatic rings. The van der Waals surface area contributed by atoms with Gasteiger partial charge in [-0.05, 0) is 31.9 Å². The van der Waals surface area contributed by atoms with E-state index in [1.807, 2.05) is 19.9 Å². The summed E-state index contributed by atoms with van der Waals surface area (Å²) >= 11 is 0. The van der Waals surface area contributed by atoms with Gasteiger partial charge in [-0.2, -0.15) is 0 Å². The van der Waals surface area contributed by atoms with Crippen LogP contribution >= 0.6 is 0 Å². The highest BCUT2D eigenvalue weighted by Crippen LogP contribution is 2.22. The minimum absolute atomic E-state index is 0.703.